The van der Waals surface area contributed by atoms with Gasteiger partial charge in [-0.15, -0.1) is 0 Å². The molecule has 132 valence electrons. The first-order valence-electron chi connectivity index (χ1n) is 7.98. The average molecular weight is 361 g/mol. The summed E-state index contributed by atoms with van der Waals surface area (Å²) in [6.07, 6.45) is 0.0497. The molecule has 1 aromatic carbocycles. The highest BCUT2D eigenvalue weighted by Crippen LogP contribution is 2.32. The van der Waals surface area contributed by atoms with E-state index < -0.39 is 6.10 Å². The third-order valence-corrected chi connectivity index (χ3v) is 4.51. The molecule has 0 saturated carbocycles. The lowest BCUT2D eigenvalue weighted by Crippen LogP contribution is -2.35. The summed E-state index contributed by atoms with van der Waals surface area (Å²) in [7, 11) is 0. The minimum absolute atomic E-state index is 0.212. The number of rotatable bonds is 7. The van der Waals surface area contributed by atoms with E-state index in [0.717, 1.165) is 11.1 Å². The van der Waals surface area contributed by atoms with Crippen molar-refractivity contribution in [2.24, 2.45) is 0 Å². The Morgan fingerprint density at radius 2 is 2.08 bits per heavy atom. The summed E-state index contributed by atoms with van der Waals surface area (Å²) in [6, 6.07) is 7.45. The maximum absolute atomic E-state index is 12.1. The quantitative estimate of drug-likeness (QED) is 0.768. The number of aryl methyl sites for hydroxylation is 1. The number of benzene rings is 1. The standard InChI is InChI=1S/C18H19NO5S/c1-12(24-17(20)5-3-13-6-7-25-10-13)18(21)19-9-14-2-4-15-16(8-14)23-11-22-15/h2,4,6-8,10,12H,3,5,9,11H2,1H3,(H,19,21)/t12-/m0/s1. The predicted molar refractivity (Wildman–Crippen MR) is 92.6 cm³/mol. The number of esters is 1. The van der Waals surface area contributed by atoms with Crippen molar-refractivity contribution < 1.29 is 23.8 Å². The van der Waals surface area contributed by atoms with Gasteiger partial charge < -0.3 is 19.5 Å². The zero-order valence-corrected chi connectivity index (χ0v) is 14.6. The summed E-state index contributed by atoms with van der Waals surface area (Å²) in [5.74, 6) is 0.654. The second-order valence-electron chi connectivity index (χ2n) is 5.67. The number of carbonyl (C=O) groups is 2. The summed E-state index contributed by atoms with van der Waals surface area (Å²) >= 11 is 1.59. The molecular weight excluding hydrogens is 342 g/mol. The van der Waals surface area contributed by atoms with Gasteiger partial charge in [0, 0.05) is 13.0 Å². The van der Waals surface area contributed by atoms with Crippen molar-refractivity contribution in [2.45, 2.75) is 32.4 Å². The van der Waals surface area contributed by atoms with Gasteiger partial charge in [-0.05, 0) is 53.4 Å². The topological polar surface area (TPSA) is 73.9 Å². The molecule has 7 heteroatoms. The highest BCUT2D eigenvalue weighted by Gasteiger charge is 2.18. The summed E-state index contributed by atoms with van der Waals surface area (Å²) in [5.41, 5.74) is 1.98. The average Bonchev–Trinajstić information content (AvgIpc) is 3.28. The maximum atomic E-state index is 12.1. The molecule has 0 saturated heterocycles. The molecule has 1 aliphatic rings. The van der Waals surface area contributed by atoms with Crippen molar-refractivity contribution in [3.8, 4) is 11.5 Å². The van der Waals surface area contributed by atoms with Crippen molar-refractivity contribution in [3.63, 3.8) is 0 Å². The Hall–Kier alpha value is -2.54. The first kappa shape index (κ1) is 17.3. The Morgan fingerprint density at radius 1 is 1.24 bits per heavy atom. The number of amides is 1. The van der Waals surface area contributed by atoms with Crippen LogP contribution in [0.3, 0.4) is 0 Å². The largest absolute Gasteiger partial charge is 0.454 e. The Labute approximate surface area is 149 Å². The lowest BCUT2D eigenvalue weighted by atomic mass is 10.2. The second kappa shape index (κ2) is 8.02. The van der Waals surface area contributed by atoms with E-state index in [1.165, 1.54) is 0 Å². The van der Waals surface area contributed by atoms with Crippen LogP contribution in [0.1, 0.15) is 24.5 Å². The molecule has 0 radical (unpaired) electrons. The minimum Gasteiger partial charge on any atom is -0.454 e. The highest BCUT2D eigenvalue weighted by atomic mass is 32.1. The first-order chi connectivity index (χ1) is 12.1. The monoisotopic (exact) mass is 361 g/mol. The highest BCUT2D eigenvalue weighted by molar-refractivity contribution is 7.07. The van der Waals surface area contributed by atoms with Crippen molar-refractivity contribution >= 4 is 23.2 Å². The van der Waals surface area contributed by atoms with Gasteiger partial charge in [0.05, 0.1) is 0 Å². The van der Waals surface area contributed by atoms with E-state index in [2.05, 4.69) is 5.32 Å². The summed E-state index contributed by atoms with van der Waals surface area (Å²) in [4.78, 5) is 23.9. The molecule has 0 unspecified atom stereocenters. The number of carbonyl (C=O) groups excluding carboxylic acids is 2. The third-order valence-electron chi connectivity index (χ3n) is 3.78. The number of hydrogen-bond acceptors (Lipinski definition) is 6. The van der Waals surface area contributed by atoms with E-state index in [4.69, 9.17) is 14.2 Å². The van der Waals surface area contributed by atoms with Crippen molar-refractivity contribution in [1.29, 1.82) is 0 Å². The summed E-state index contributed by atoms with van der Waals surface area (Å²) in [5, 5.41) is 6.71. The molecule has 2 aromatic rings. The smallest absolute Gasteiger partial charge is 0.306 e. The van der Waals surface area contributed by atoms with Gasteiger partial charge in [0.15, 0.2) is 17.6 Å². The molecule has 0 aliphatic carbocycles. The molecule has 0 fully saturated rings. The van der Waals surface area contributed by atoms with Gasteiger partial charge in [0.2, 0.25) is 6.79 Å². The van der Waals surface area contributed by atoms with Crippen LogP contribution >= 0.6 is 11.3 Å². The van der Waals surface area contributed by atoms with Gasteiger partial charge in [0.25, 0.3) is 5.91 Å². The molecule has 1 aromatic heterocycles. The second-order valence-corrected chi connectivity index (χ2v) is 6.45. The Balaban J connectivity index is 1.42. The van der Waals surface area contributed by atoms with E-state index in [0.29, 0.717) is 24.5 Å². The fourth-order valence-electron chi connectivity index (χ4n) is 2.37. The zero-order valence-electron chi connectivity index (χ0n) is 13.8. The molecule has 2 heterocycles. The zero-order chi connectivity index (χ0) is 17.6. The Morgan fingerprint density at radius 3 is 2.88 bits per heavy atom. The van der Waals surface area contributed by atoms with Crippen LogP contribution in [0.5, 0.6) is 11.5 Å². The molecule has 3 rings (SSSR count). The molecule has 1 atom stereocenters. The van der Waals surface area contributed by atoms with Gasteiger partial charge in [-0.1, -0.05) is 6.07 Å². The van der Waals surface area contributed by atoms with Crippen molar-refractivity contribution in [1.82, 2.24) is 5.32 Å². The molecule has 25 heavy (non-hydrogen) atoms. The van der Waals surface area contributed by atoms with Crippen LogP contribution in [0, 0.1) is 0 Å². The molecule has 1 amide bonds. The normalized spacial score (nSPS) is 13.3. The van der Waals surface area contributed by atoms with E-state index in [-0.39, 0.29) is 25.1 Å². The molecule has 1 aliphatic heterocycles. The molecule has 1 N–H and O–H groups in total. The molecule has 6 nitrogen and oxygen atoms in total. The van der Waals surface area contributed by atoms with E-state index in [1.54, 1.807) is 24.3 Å². The predicted octanol–water partition coefficient (Wildman–Crippen LogP) is 2.66. The van der Waals surface area contributed by atoms with Gasteiger partial charge in [-0.3, -0.25) is 9.59 Å². The van der Waals surface area contributed by atoms with Crippen molar-refractivity contribution in [3.05, 3.63) is 46.2 Å². The Kier molecular flexibility index (Phi) is 5.55. The van der Waals surface area contributed by atoms with Gasteiger partial charge >= 0.3 is 5.97 Å². The van der Waals surface area contributed by atoms with E-state index in [1.807, 2.05) is 29.0 Å². The Bertz CT molecular complexity index is 744. The van der Waals surface area contributed by atoms with Crippen LogP contribution in [0.4, 0.5) is 0 Å². The first-order valence-corrected chi connectivity index (χ1v) is 8.93. The van der Waals surface area contributed by atoms with Crippen LogP contribution < -0.4 is 14.8 Å². The van der Waals surface area contributed by atoms with E-state index in [9.17, 15) is 9.59 Å². The lowest BCUT2D eigenvalue weighted by Gasteiger charge is -2.13. The SMILES string of the molecule is C[C@H](OC(=O)CCc1ccsc1)C(=O)NCc1ccc2c(c1)OCO2. The fourth-order valence-corrected chi connectivity index (χ4v) is 3.08. The summed E-state index contributed by atoms with van der Waals surface area (Å²) in [6.45, 7) is 2.10. The fraction of sp³-hybridized carbons (Fsp3) is 0.333. The number of ether oxygens (including phenoxy) is 3. The van der Waals surface area contributed by atoms with E-state index >= 15 is 0 Å². The number of thiophene rings is 1. The number of hydrogen-bond donors (Lipinski definition) is 1. The molecule has 0 bridgehead atoms. The minimum atomic E-state index is -0.830. The third kappa shape index (κ3) is 4.73. The molecular formula is C18H19NO5S. The van der Waals surface area contributed by atoms with Gasteiger partial charge in [-0.25, -0.2) is 0 Å². The maximum Gasteiger partial charge on any atom is 0.306 e. The summed E-state index contributed by atoms with van der Waals surface area (Å²) < 4.78 is 15.7. The van der Waals surface area contributed by atoms with Crippen LogP contribution in [0.2, 0.25) is 0 Å². The van der Waals surface area contributed by atoms with Gasteiger partial charge in [-0.2, -0.15) is 11.3 Å². The van der Waals surface area contributed by atoms with Crippen LogP contribution in [-0.2, 0) is 27.3 Å². The number of fused-ring (bicyclic) bond motifs is 1. The van der Waals surface area contributed by atoms with Crippen LogP contribution in [-0.4, -0.2) is 24.8 Å². The van der Waals surface area contributed by atoms with Crippen LogP contribution in [0.25, 0.3) is 0 Å². The van der Waals surface area contributed by atoms with Gasteiger partial charge in [0.1, 0.15) is 0 Å². The number of nitrogens with one attached hydrogen (secondary N) is 1. The van der Waals surface area contributed by atoms with Crippen molar-refractivity contribution in [2.75, 3.05) is 6.79 Å². The molecule has 0 spiro atoms. The lowest BCUT2D eigenvalue weighted by molar-refractivity contribution is -0.154. The van der Waals surface area contributed by atoms with Crippen LogP contribution in [0.15, 0.2) is 35.0 Å².